The van der Waals surface area contributed by atoms with Gasteiger partial charge in [0, 0.05) is 0 Å². The van der Waals surface area contributed by atoms with Crippen molar-refractivity contribution >= 4 is 22.8 Å². The van der Waals surface area contributed by atoms with Crippen LogP contribution < -0.4 is 4.74 Å². The average molecular weight is 229 g/mol. The quantitative estimate of drug-likeness (QED) is 0.581. The van der Waals surface area contributed by atoms with Gasteiger partial charge in [0.05, 0.1) is 12.7 Å². The van der Waals surface area contributed by atoms with E-state index in [1.807, 2.05) is 0 Å². The maximum atomic E-state index is 11.1. The lowest BCUT2D eigenvalue weighted by molar-refractivity contribution is -0.113. The molecule has 0 atom stereocenters. The predicted molar refractivity (Wildman–Crippen MR) is 54.1 cm³/mol. The monoisotopic (exact) mass is 228 g/mol. The van der Waals surface area contributed by atoms with Gasteiger partial charge in [-0.15, -0.1) is 0 Å². The molecule has 0 spiro atoms. The van der Waals surface area contributed by atoms with Gasteiger partial charge in [-0.3, -0.25) is 4.79 Å². The Morgan fingerprint density at radius 1 is 1.27 bits per heavy atom. The molecule has 1 aromatic rings. The molecule has 15 heavy (non-hydrogen) atoms. The minimum atomic E-state index is -0.577. The van der Waals surface area contributed by atoms with E-state index < -0.39 is 11.2 Å². The summed E-state index contributed by atoms with van der Waals surface area (Å²) in [6, 6.07) is 6.21. The summed E-state index contributed by atoms with van der Waals surface area (Å²) < 4.78 is 9.52. The van der Waals surface area contributed by atoms with Gasteiger partial charge in [0.1, 0.15) is 5.75 Å². The Morgan fingerprint density at radius 2 is 1.87 bits per heavy atom. The van der Waals surface area contributed by atoms with E-state index in [1.165, 1.54) is 7.11 Å². The van der Waals surface area contributed by atoms with Crippen molar-refractivity contribution < 1.29 is 19.1 Å². The van der Waals surface area contributed by atoms with Gasteiger partial charge < -0.3 is 9.47 Å². The lowest BCUT2D eigenvalue weighted by Gasteiger charge is -2.03. The topological polar surface area (TPSA) is 52.6 Å². The van der Waals surface area contributed by atoms with E-state index in [4.69, 9.17) is 16.3 Å². The second-order valence-electron chi connectivity index (χ2n) is 2.66. The van der Waals surface area contributed by atoms with E-state index >= 15 is 0 Å². The van der Waals surface area contributed by atoms with E-state index in [9.17, 15) is 9.59 Å². The highest BCUT2D eigenvalue weighted by atomic mass is 35.5. The molecule has 0 radical (unpaired) electrons. The third-order valence-corrected chi connectivity index (χ3v) is 1.74. The fourth-order valence-corrected chi connectivity index (χ4v) is 1.000. The smallest absolute Gasteiger partial charge is 0.337 e. The van der Waals surface area contributed by atoms with Crippen LogP contribution in [-0.2, 0) is 9.53 Å². The summed E-state index contributed by atoms with van der Waals surface area (Å²) in [6.07, 6.45) is 0. The summed E-state index contributed by atoms with van der Waals surface area (Å²) >= 11 is 5.09. The fourth-order valence-electron chi connectivity index (χ4n) is 0.945. The molecule has 0 aliphatic heterocycles. The van der Waals surface area contributed by atoms with Crippen molar-refractivity contribution in [2.45, 2.75) is 0 Å². The fraction of sp³-hybridized carbons (Fsp3) is 0.200. The largest absolute Gasteiger partial charge is 0.484 e. The van der Waals surface area contributed by atoms with Gasteiger partial charge in [-0.1, -0.05) is 0 Å². The van der Waals surface area contributed by atoms with Gasteiger partial charge in [0.2, 0.25) is 0 Å². The maximum absolute atomic E-state index is 11.1. The molecule has 0 saturated carbocycles. The Balaban J connectivity index is 2.64. The Bertz CT molecular complexity index is 358. The minimum absolute atomic E-state index is 0.195. The molecular weight excluding hydrogens is 220 g/mol. The van der Waals surface area contributed by atoms with E-state index in [-0.39, 0.29) is 6.61 Å². The predicted octanol–water partition coefficient (Wildman–Crippen LogP) is 1.62. The molecule has 0 aromatic heterocycles. The van der Waals surface area contributed by atoms with Gasteiger partial charge >= 0.3 is 5.97 Å². The first-order valence-corrected chi connectivity index (χ1v) is 4.51. The highest BCUT2D eigenvalue weighted by Gasteiger charge is 2.05. The van der Waals surface area contributed by atoms with Crippen molar-refractivity contribution in [3.63, 3.8) is 0 Å². The van der Waals surface area contributed by atoms with Gasteiger partial charge in [-0.2, -0.15) is 0 Å². The van der Waals surface area contributed by atoms with Crippen LogP contribution in [0.1, 0.15) is 10.4 Å². The molecule has 1 rings (SSSR count). The molecule has 0 heterocycles. The van der Waals surface area contributed by atoms with Crippen LogP contribution in [0.15, 0.2) is 24.3 Å². The number of carbonyl (C=O) groups excluding carboxylic acids is 2. The molecule has 0 aliphatic carbocycles. The highest BCUT2D eigenvalue weighted by Crippen LogP contribution is 2.12. The molecule has 0 fully saturated rings. The number of hydrogen-bond donors (Lipinski definition) is 0. The van der Waals surface area contributed by atoms with Crippen LogP contribution in [0.25, 0.3) is 0 Å². The minimum Gasteiger partial charge on any atom is -0.484 e. The Labute approximate surface area is 91.7 Å². The van der Waals surface area contributed by atoms with Crippen LogP contribution in [0.2, 0.25) is 0 Å². The van der Waals surface area contributed by atoms with Crippen molar-refractivity contribution in [3.8, 4) is 5.75 Å². The Hall–Kier alpha value is -1.55. The number of esters is 1. The first kappa shape index (κ1) is 11.5. The summed E-state index contributed by atoms with van der Waals surface area (Å²) in [5.41, 5.74) is 0.419. The number of rotatable bonds is 4. The van der Waals surface area contributed by atoms with Crippen molar-refractivity contribution in [1.82, 2.24) is 0 Å². The Morgan fingerprint density at radius 3 is 2.33 bits per heavy atom. The van der Waals surface area contributed by atoms with E-state index in [0.29, 0.717) is 11.3 Å². The molecule has 0 amide bonds. The lowest BCUT2D eigenvalue weighted by atomic mass is 10.2. The number of ether oxygens (including phenoxy) is 2. The van der Waals surface area contributed by atoms with Crippen LogP contribution in [0.3, 0.4) is 0 Å². The first-order valence-electron chi connectivity index (χ1n) is 4.13. The molecule has 4 nitrogen and oxygen atoms in total. The molecule has 80 valence electrons. The summed E-state index contributed by atoms with van der Waals surface area (Å²) in [7, 11) is 1.30. The number of halogens is 1. The number of methoxy groups -OCH3 is 1. The van der Waals surface area contributed by atoms with Crippen LogP contribution in [0.4, 0.5) is 0 Å². The molecule has 0 unspecified atom stereocenters. The third-order valence-electron chi connectivity index (χ3n) is 1.63. The second-order valence-corrected chi connectivity index (χ2v) is 3.08. The molecule has 0 bridgehead atoms. The summed E-state index contributed by atoms with van der Waals surface area (Å²) in [5, 5.41) is -0.577. The zero-order valence-corrected chi connectivity index (χ0v) is 8.78. The SMILES string of the molecule is COC(=O)c1ccc(OCC(=O)Cl)cc1. The van der Waals surface area contributed by atoms with E-state index in [2.05, 4.69) is 4.74 Å². The van der Waals surface area contributed by atoms with Gasteiger partial charge in [-0.25, -0.2) is 4.79 Å². The first-order chi connectivity index (χ1) is 7.13. The molecular formula is C10H9ClO4. The van der Waals surface area contributed by atoms with Crippen LogP contribution >= 0.6 is 11.6 Å². The molecule has 1 aromatic carbocycles. The van der Waals surface area contributed by atoms with Crippen LogP contribution in [0.5, 0.6) is 5.75 Å². The van der Waals surface area contributed by atoms with Crippen molar-refractivity contribution in [2.24, 2.45) is 0 Å². The number of benzene rings is 1. The Kier molecular flexibility index (Phi) is 4.12. The van der Waals surface area contributed by atoms with Crippen LogP contribution in [-0.4, -0.2) is 24.9 Å². The summed E-state index contributed by atoms with van der Waals surface area (Å²) in [6.45, 7) is -0.195. The molecule has 0 saturated heterocycles. The second kappa shape index (κ2) is 5.36. The standard InChI is InChI=1S/C10H9ClO4/c1-14-10(13)7-2-4-8(5-3-7)15-6-9(11)12/h2-5H,6H2,1H3. The van der Waals surface area contributed by atoms with Gasteiger partial charge in [0.15, 0.2) is 6.61 Å². The molecule has 5 heteroatoms. The number of hydrogen-bond acceptors (Lipinski definition) is 4. The van der Waals surface area contributed by atoms with Gasteiger partial charge in [-0.05, 0) is 35.9 Å². The molecule has 0 N–H and O–H groups in total. The average Bonchev–Trinajstić information content (AvgIpc) is 2.26. The zero-order valence-electron chi connectivity index (χ0n) is 8.03. The zero-order chi connectivity index (χ0) is 11.3. The number of carbonyl (C=O) groups is 2. The maximum Gasteiger partial charge on any atom is 0.337 e. The van der Waals surface area contributed by atoms with Gasteiger partial charge in [0.25, 0.3) is 5.24 Å². The lowest BCUT2D eigenvalue weighted by Crippen LogP contribution is -2.05. The third kappa shape index (κ3) is 3.59. The summed E-state index contributed by atoms with van der Waals surface area (Å²) in [5.74, 6) is 0.0478. The van der Waals surface area contributed by atoms with Crippen molar-refractivity contribution in [2.75, 3.05) is 13.7 Å². The molecule has 0 aliphatic rings. The van der Waals surface area contributed by atoms with Crippen LogP contribution in [0, 0.1) is 0 Å². The highest BCUT2D eigenvalue weighted by molar-refractivity contribution is 6.63. The van der Waals surface area contributed by atoms with E-state index in [1.54, 1.807) is 24.3 Å². The summed E-state index contributed by atoms with van der Waals surface area (Å²) in [4.78, 5) is 21.5. The normalized spacial score (nSPS) is 9.47. The van der Waals surface area contributed by atoms with Crippen molar-refractivity contribution in [3.05, 3.63) is 29.8 Å². The van der Waals surface area contributed by atoms with E-state index in [0.717, 1.165) is 0 Å². The van der Waals surface area contributed by atoms with Crippen molar-refractivity contribution in [1.29, 1.82) is 0 Å².